The van der Waals surface area contributed by atoms with E-state index in [4.69, 9.17) is 5.11 Å². The molecule has 0 aromatic heterocycles. The van der Waals surface area contributed by atoms with Crippen molar-refractivity contribution in [3.05, 3.63) is 0 Å². The lowest BCUT2D eigenvalue weighted by atomic mass is 9.96. The third-order valence-corrected chi connectivity index (χ3v) is 2.74. The highest BCUT2D eigenvalue weighted by atomic mass is 16.4. The van der Waals surface area contributed by atoms with Crippen LogP contribution in [0.4, 0.5) is 0 Å². The fourth-order valence-electron chi connectivity index (χ4n) is 1.53. The van der Waals surface area contributed by atoms with Crippen molar-refractivity contribution in [1.82, 2.24) is 10.6 Å². The molecule has 1 rings (SSSR count). The summed E-state index contributed by atoms with van der Waals surface area (Å²) in [5.41, 5.74) is -1.21. The van der Waals surface area contributed by atoms with Crippen molar-refractivity contribution < 1.29 is 19.5 Å². The van der Waals surface area contributed by atoms with Gasteiger partial charge in [-0.3, -0.25) is 9.59 Å². The molecule has 3 N–H and O–H groups in total. The van der Waals surface area contributed by atoms with Crippen LogP contribution in [0.3, 0.4) is 0 Å². The molecule has 0 aliphatic heterocycles. The van der Waals surface area contributed by atoms with Crippen molar-refractivity contribution in [3.8, 4) is 0 Å². The van der Waals surface area contributed by atoms with Crippen molar-refractivity contribution in [1.29, 1.82) is 0 Å². The molecule has 1 saturated carbocycles. The van der Waals surface area contributed by atoms with Gasteiger partial charge in [0.15, 0.2) is 0 Å². The second-order valence-corrected chi connectivity index (χ2v) is 4.24. The number of carbonyl (C=O) groups is 3. The fraction of sp³-hybridized carbons (Fsp3) is 0.700. The highest BCUT2D eigenvalue weighted by Crippen LogP contribution is 2.39. The Balaban J connectivity index is 2.52. The van der Waals surface area contributed by atoms with E-state index in [1.54, 1.807) is 0 Å². The summed E-state index contributed by atoms with van der Waals surface area (Å²) in [5.74, 6) is -1.84. The van der Waals surface area contributed by atoms with Gasteiger partial charge in [-0.1, -0.05) is 0 Å². The topological polar surface area (TPSA) is 95.5 Å². The molecule has 16 heavy (non-hydrogen) atoms. The van der Waals surface area contributed by atoms with Crippen molar-refractivity contribution in [2.24, 2.45) is 5.92 Å². The number of carboxylic acids is 1. The Labute approximate surface area is 93.4 Å². The van der Waals surface area contributed by atoms with Gasteiger partial charge in [0.25, 0.3) is 0 Å². The van der Waals surface area contributed by atoms with Crippen LogP contribution in [0.1, 0.15) is 26.7 Å². The Kier molecular flexibility index (Phi) is 3.51. The zero-order valence-corrected chi connectivity index (χ0v) is 9.37. The van der Waals surface area contributed by atoms with Crippen LogP contribution >= 0.6 is 0 Å². The fourth-order valence-corrected chi connectivity index (χ4v) is 1.53. The lowest BCUT2D eigenvalue weighted by Gasteiger charge is -2.26. The molecule has 0 aromatic carbocycles. The van der Waals surface area contributed by atoms with Gasteiger partial charge in [-0.05, 0) is 25.7 Å². The van der Waals surface area contributed by atoms with Crippen molar-refractivity contribution in [2.45, 2.75) is 32.2 Å². The summed E-state index contributed by atoms with van der Waals surface area (Å²) in [5, 5.41) is 13.8. The van der Waals surface area contributed by atoms with Gasteiger partial charge in [0.1, 0.15) is 5.54 Å². The minimum atomic E-state index is -1.21. The first-order valence-electron chi connectivity index (χ1n) is 5.15. The van der Waals surface area contributed by atoms with Crippen LogP contribution < -0.4 is 10.6 Å². The van der Waals surface area contributed by atoms with Crippen LogP contribution in [-0.4, -0.2) is 35.0 Å². The number of nitrogens with one attached hydrogen (secondary N) is 2. The van der Waals surface area contributed by atoms with Crippen LogP contribution in [-0.2, 0) is 14.4 Å². The van der Waals surface area contributed by atoms with Crippen molar-refractivity contribution in [2.75, 3.05) is 6.54 Å². The normalized spacial score (nSPS) is 18.4. The Morgan fingerprint density at radius 3 is 2.31 bits per heavy atom. The lowest BCUT2D eigenvalue weighted by molar-refractivity contribution is -0.147. The predicted molar refractivity (Wildman–Crippen MR) is 55.6 cm³/mol. The average Bonchev–Trinajstić information content (AvgIpc) is 2.97. The molecule has 90 valence electrons. The number of carbonyl (C=O) groups excluding carboxylic acids is 2. The Morgan fingerprint density at radius 1 is 1.38 bits per heavy atom. The van der Waals surface area contributed by atoms with Gasteiger partial charge in [0.05, 0.1) is 6.54 Å². The molecule has 1 aliphatic carbocycles. The van der Waals surface area contributed by atoms with Gasteiger partial charge >= 0.3 is 5.97 Å². The molecule has 6 heteroatoms. The first kappa shape index (κ1) is 12.5. The zero-order valence-electron chi connectivity index (χ0n) is 9.37. The monoisotopic (exact) mass is 228 g/mol. The predicted octanol–water partition coefficient (Wildman–Crippen LogP) is -0.508. The molecule has 1 fully saturated rings. The highest BCUT2D eigenvalue weighted by Gasteiger charge is 2.48. The second kappa shape index (κ2) is 4.51. The van der Waals surface area contributed by atoms with E-state index in [0.29, 0.717) is 0 Å². The summed E-state index contributed by atoms with van der Waals surface area (Å²) < 4.78 is 0. The maximum absolute atomic E-state index is 11.4. The second-order valence-electron chi connectivity index (χ2n) is 4.24. The van der Waals surface area contributed by atoms with Crippen LogP contribution in [0.5, 0.6) is 0 Å². The Bertz CT molecular complexity index is 325. The number of hydrogen-bond acceptors (Lipinski definition) is 3. The standard InChI is InChI=1S/C10H16N2O4/c1-6(13)11-5-8(14)12-10(2,9(15)16)7-3-4-7/h7H,3-5H2,1-2H3,(H,11,13)(H,12,14)(H,15,16). The van der Waals surface area contributed by atoms with Crippen LogP contribution in [0.15, 0.2) is 0 Å². The van der Waals surface area contributed by atoms with Gasteiger partial charge in [-0.25, -0.2) is 4.79 Å². The third kappa shape index (κ3) is 2.95. The molecule has 1 unspecified atom stereocenters. The van der Waals surface area contributed by atoms with E-state index in [1.807, 2.05) is 0 Å². The number of amides is 2. The van der Waals surface area contributed by atoms with Crippen LogP contribution in [0, 0.1) is 5.92 Å². The van der Waals surface area contributed by atoms with Gasteiger partial charge in [0.2, 0.25) is 11.8 Å². The van der Waals surface area contributed by atoms with Gasteiger partial charge < -0.3 is 15.7 Å². The Morgan fingerprint density at radius 2 is 1.94 bits per heavy atom. The molecular weight excluding hydrogens is 212 g/mol. The maximum Gasteiger partial charge on any atom is 0.329 e. The van der Waals surface area contributed by atoms with Gasteiger partial charge in [-0.15, -0.1) is 0 Å². The van der Waals surface area contributed by atoms with E-state index >= 15 is 0 Å². The lowest BCUT2D eigenvalue weighted by Crippen LogP contribution is -2.56. The van der Waals surface area contributed by atoms with Crippen molar-refractivity contribution in [3.63, 3.8) is 0 Å². The zero-order chi connectivity index (χ0) is 12.3. The van der Waals surface area contributed by atoms with Crippen LogP contribution in [0.25, 0.3) is 0 Å². The number of aliphatic carboxylic acids is 1. The van der Waals surface area contributed by atoms with E-state index in [2.05, 4.69) is 10.6 Å². The van der Waals surface area contributed by atoms with E-state index < -0.39 is 17.4 Å². The highest BCUT2D eigenvalue weighted by molar-refractivity contribution is 5.89. The summed E-state index contributed by atoms with van der Waals surface area (Å²) in [7, 11) is 0. The quantitative estimate of drug-likeness (QED) is 0.590. The number of hydrogen-bond donors (Lipinski definition) is 3. The maximum atomic E-state index is 11.4. The molecule has 0 spiro atoms. The summed E-state index contributed by atoms with van der Waals surface area (Å²) in [6.45, 7) is 2.61. The largest absolute Gasteiger partial charge is 0.480 e. The average molecular weight is 228 g/mol. The summed E-state index contributed by atoms with van der Waals surface area (Å²) in [4.78, 5) is 33.1. The van der Waals surface area contributed by atoms with E-state index in [0.717, 1.165) is 12.8 Å². The number of rotatable bonds is 5. The van der Waals surface area contributed by atoms with Crippen LogP contribution in [0.2, 0.25) is 0 Å². The SMILES string of the molecule is CC(=O)NCC(=O)NC(C)(C(=O)O)C1CC1. The Hall–Kier alpha value is -1.59. The first-order chi connectivity index (χ1) is 7.36. The van der Waals surface area contributed by atoms with Gasteiger partial charge in [-0.2, -0.15) is 0 Å². The summed E-state index contributed by atoms with van der Waals surface area (Å²) in [6, 6.07) is 0. The van der Waals surface area contributed by atoms with E-state index in [1.165, 1.54) is 13.8 Å². The summed E-state index contributed by atoms with van der Waals surface area (Å²) >= 11 is 0. The molecule has 1 aliphatic rings. The molecule has 0 aromatic rings. The number of carboxylic acid groups (broad SMARTS) is 1. The minimum Gasteiger partial charge on any atom is -0.480 e. The molecule has 2 amide bonds. The minimum absolute atomic E-state index is 0.00808. The van der Waals surface area contributed by atoms with E-state index in [-0.39, 0.29) is 18.4 Å². The first-order valence-corrected chi connectivity index (χ1v) is 5.15. The molecule has 0 bridgehead atoms. The molecule has 6 nitrogen and oxygen atoms in total. The molecule has 0 saturated heterocycles. The molecular formula is C10H16N2O4. The summed E-state index contributed by atoms with van der Waals surface area (Å²) in [6.07, 6.45) is 1.62. The van der Waals surface area contributed by atoms with Crippen molar-refractivity contribution >= 4 is 17.8 Å². The molecule has 1 atom stereocenters. The third-order valence-electron chi connectivity index (χ3n) is 2.74. The van der Waals surface area contributed by atoms with Gasteiger partial charge in [0, 0.05) is 6.92 Å². The molecule has 0 heterocycles. The molecule has 0 radical (unpaired) electrons. The smallest absolute Gasteiger partial charge is 0.329 e. The van der Waals surface area contributed by atoms with E-state index in [9.17, 15) is 14.4 Å².